The van der Waals surface area contributed by atoms with Crippen molar-refractivity contribution in [2.75, 3.05) is 4.90 Å². The number of nitrogens with zero attached hydrogens (tertiary/aromatic N) is 3. The smallest absolute Gasteiger partial charge is 0.266 e. The van der Waals surface area contributed by atoms with E-state index in [9.17, 15) is 13.6 Å². The van der Waals surface area contributed by atoms with Crippen LogP contribution in [0.2, 0.25) is 0 Å². The van der Waals surface area contributed by atoms with Crippen LogP contribution in [0.25, 0.3) is 10.2 Å². The fourth-order valence-electron chi connectivity index (χ4n) is 3.21. The number of carbonyl (C=O) groups is 1. The maximum absolute atomic E-state index is 14.3. The molecular weight excluding hydrogens is 392 g/mol. The summed E-state index contributed by atoms with van der Waals surface area (Å²) in [6.07, 6.45) is 3.23. The first-order valence-corrected chi connectivity index (χ1v) is 9.78. The Bertz CT molecular complexity index is 1190. The van der Waals surface area contributed by atoms with Crippen LogP contribution >= 0.6 is 11.3 Å². The van der Waals surface area contributed by atoms with Gasteiger partial charge in [0.15, 0.2) is 5.13 Å². The van der Waals surface area contributed by atoms with Gasteiger partial charge in [-0.15, -0.1) is 0 Å². The normalized spacial score (nSPS) is 11.0. The third-order valence-corrected chi connectivity index (χ3v) is 5.56. The van der Waals surface area contributed by atoms with Gasteiger partial charge in [-0.3, -0.25) is 14.7 Å². The van der Waals surface area contributed by atoms with Crippen molar-refractivity contribution in [3.8, 4) is 0 Å². The van der Waals surface area contributed by atoms with E-state index in [0.717, 1.165) is 39.0 Å². The molecule has 0 bridgehead atoms. The summed E-state index contributed by atoms with van der Waals surface area (Å²) in [6, 6.07) is 10.9. The molecule has 7 heteroatoms. The number of fused-ring (bicyclic) bond motifs is 1. The largest absolute Gasteiger partial charge is 0.279 e. The summed E-state index contributed by atoms with van der Waals surface area (Å²) in [6.45, 7) is 4.03. The molecule has 0 aliphatic carbocycles. The fourth-order valence-corrected chi connectivity index (χ4v) is 4.35. The lowest BCUT2D eigenvalue weighted by molar-refractivity contribution is 0.0977. The van der Waals surface area contributed by atoms with E-state index in [1.165, 1.54) is 22.3 Å². The van der Waals surface area contributed by atoms with Crippen molar-refractivity contribution in [3.63, 3.8) is 0 Å². The maximum Gasteiger partial charge on any atom is 0.266 e. The second-order valence-electron chi connectivity index (χ2n) is 6.77. The molecule has 146 valence electrons. The SMILES string of the molecule is Cc1cc(C)c2nc(N(Cc3cccnc3)C(=O)c3c(F)cccc3F)sc2c1. The summed E-state index contributed by atoms with van der Waals surface area (Å²) in [4.78, 5) is 23.2. The molecule has 4 nitrogen and oxygen atoms in total. The minimum absolute atomic E-state index is 0.0955. The Kier molecular flexibility index (Phi) is 5.07. The third-order valence-electron chi connectivity index (χ3n) is 4.53. The van der Waals surface area contributed by atoms with Gasteiger partial charge in [0, 0.05) is 12.4 Å². The summed E-state index contributed by atoms with van der Waals surface area (Å²) >= 11 is 1.32. The number of aryl methyl sites for hydroxylation is 2. The highest BCUT2D eigenvalue weighted by Gasteiger charge is 2.27. The Morgan fingerprint density at radius 1 is 1.10 bits per heavy atom. The number of carbonyl (C=O) groups excluding carboxylic acids is 1. The molecule has 4 rings (SSSR count). The Hall–Kier alpha value is -3.19. The van der Waals surface area contributed by atoms with E-state index >= 15 is 0 Å². The Balaban J connectivity index is 1.85. The first kappa shape index (κ1) is 19.1. The molecule has 29 heavy (non-hydrogen) atoms. The van der Waals surface area contributed by atoms with E-state index in [4.69, 9.17) is 0 Å². The van der Waals surface area contributed by atoms with Crippen LogP contribution in [0.3, 0.4) is 0 Å². The summed E-state index contributed by atoms with van der Waals surface area (Å²) in [5.74, 6) is -2.59. The number of rotatable bonds is 4. The quantitative estimate of drug-likeness (QED) is 0.451. The van der Waals surface area contributed by atoms with Crippen LogP contribution in [-0.2, 0) is 6.54 Å². The number of hydrogen-bond acceptors (Lipinski definition) is 4. The number of aromatic nitrogens is 2. The number of pyridine rings is 1. The molecular formula is C22H17F2N3OS. The molecule has 2 heterocycles. The minimum Gasteiger partial charge on any atom is -0.279 e. The predicted octanol–water partition coefficient (Wildman–Crippen LogP) is 5.43. The summed E-state index contributed by atoms with van der Waals surface area (Å²) in [7, 11) is 0. The number of hydrogen-bond donors (Lipinski definition) is 0. The van der Waals surface area contributed by atoms with Crippen molar-refractivity contribution in [1.29, 1.82) is 0 Å². The lowest BCUT2D eigenvalue weighted by atomic mass is 10.1. The van der Waals surface area contributed by atoms with E-state index in [1.807, 2.05) is 26.0 Å². The van der Waals surface area contributed by atoms with Crippen LogP contribution in [-0.4, -0.2) is 15.9 Å². The van der Waals surface area contributed by atoms with Crippen LogP contribution in [0, 0.1) is 25.5 Å². The molecule has 0 atom stereocenters. The first-order chi connectivity index (χ1) is 13.9. The van der Waals surface area contributed by atoms with Crippen molar-refractivity contribution in [2.45, 2.75) is 20.4 Å². The molecule has 2 aromatic heterocycles. The molecule has 1 amide bonds. The molecule has 0 fully saturated rings. The highest BCUT2D eigenvalue weighted by atomic mass is 32.1. The number of thiazole rings is 1. The molecule has 0 saturated carbocycles. The number of anilines is 1. The van der Waals surface area contributed by atoms with Gasteiger partial charge in [0.25, 0.3) is 5.91 Å². The van der Waals surface area contributed by atoms with E-state index in [1.54, 1.807) is 24.5 Å². The minimum atomic E-state index is -0.903. The summed E-state index contributed by atoms with van der Waals surface area (Å²) in [5, 5.41) is 0.380. The van der Waals surface area contributed by atoms with Crippen molar-refractivity contribution in [2.24, 2.45) is 0 Å². The molecule has 0 aliphatic rings. The maximum atomic E-state index is 14.3. The molecule has 4 aromatic rings. The number of benzene rings is 2. The van der Waals surface area contributed by atoms with Gasteiger partial charge < -0.3 is 0 Å². The van der Waals surface area contributed by atoms with Crippen LogP contribution < -0.4 is 4.90 Å². The zero-order valence-electron chi connectivity index (χ0n) is 15.8. The second kappa shape index (κ2) is 7.67. The Morgan fingerprint density at radius 2 is 1.86 bits per heavy atom. The zero-order valence-corrected chi connectivity index (χ0v) is 16.6. The van der Waals surface area contributed by atoms with Gasteiger partial charge >= 0.3 is 0 Å². The van der Waals surface area contributed by atoms with Gasteiger partial charge in [-0.1, -0.05) is 29.5 Å². The topological polar surface area (TPSA) is 46.1 Å². The summed E-state index contributed by atoms with van der Waals surface area (Å²) < 4.78 is 29.6. The lowest BCUT2D eigenvalue weighted by Gasteiger charge is -2.20. The lowest BCUT2D eigenvalue weighted by Crippen LogP contribution is -2.32. The highest BCUT2D eigenvalue weighted by molar-refractivity contribution is 7.22. The first-order valence-electron chi connectivity index (χ1n) is 8.96. The predicted molar refractivity (Wildman–Crippen MR) is 110 cm³/mol. The molecule has 0 spiro atoms. The van der Waals surface area contributed by atoms with E-state index in [-0.39, 0.29) is 6.54 Å². The van der Waals surface area contributed by atoms with Gasteiger partial charge in [-0.2, -0.15) is 0 Å². The van der Waals surface area contributed by atoms with Gasteiger partial charge in [-0.05, 0) is 54.8 Å². The van der Waals surface area contributed by atoms with E-state index in [0.29, 0.717) is 5.13 Å². The highest BCUT2D eigenvalue weighted by Crippen LogP contribution is 2.33. The van der Waals surface area contributed by atoms with Gasteiger partial charge in [0.05, 0.1) is 16.8 Å². The third kappa shape index (κ3) is 3.73. The standard InChI is InChI=1S/C22H17F2N3OS/c1-13-9-14(2)20-18(10-13)29-22(26-20)27(12-15-5-4-8-25-11-15)21(28)19-16(23)6-3-7-17(19)24/h3-11H,12H2,1-2H3. The Labute approximate surface area is 170 Å². The fraction of sp³-hybridized carbons (Fsp3) is 0.136. The van der Waals surface area contributed by atoms with Crippen molar-refractivity contribution >= 4 is 32.6 Å². The average Bonchev–Trinajstić information content (AvgIpc) is 3.10. The molecule has 2 aromatic carbocycles. The zero-order chi connectivity index (χ0) is 20.5. The molecule has 0 radical (unpaired) electrons. The monoisotopic (exact) mass is 409 g/mol. The molecule has 0 unspecified atom stereocenters. The van der Waals surface area contributed by atoms with Gasteiger partial charge in [0.2, 0.25) is 0 Å². The Morgan fingerprint density at radius 3 is 2.55 bits per heavy atom. The van der Waals surface area contributed by atoms with Crippen molar-refractivity contribution in [3.05, 3.63) is 88.7 Å². The number of amides is 1. The van der Waals surface area contributed by atoms with Gasteiger partial charge in [0.1, 0.15) is 17.2 Å². The van der Waals surface area contributed by atoms with E-state index in [2.05, 4.69) is 9.97 Å². The van der Waals surface area contributed by atoms with Crippen LogP contribution in [0.1, 0.15) is 27.0 Å². The van der Waals surface area contributed by atoms with Crippen molar-refractivity contribution < 1.29 is 13.6 Å². The van der Waals surface area contributed by atoms with Crippen LogP contribution in [0.15, 0.2) is 54.9 Å². The summed E-state index contributed by atoms with van der Waals surface area (Å²) in [5.41, 5.74) is 2.96. The van der Waals surface area contributed by atoms with Crippen molar-refractivity contribution in [1.82, 2.24) is 9.97 Å². The van der Waals surface area contributed by atoms with Gasteiger partial charge in [-0.25, -0.2) is 13.8 Å². The second-order valence-corrected chi connectivity index (χ2v) is 7.78. The van der Waals surface area contributed by atoms with Crippen LogP contribution in [0.4, 0.5) is 13.9 Å². The number of halogens is 2. The molecule has 0 N–H and O–H groups in total. The average molecular weight is 409 g/mol. The molecule has 0 saturated heterocycles. The van der Waals surface area contributed by atoms with E-state index < -0.39 is 23.1 Å². The van der Waals surface area contributed by atoms with Crippen LogP contribution in [0.5, 0.6) is 0 Å². The molecule has 0 aliphatic heterocycles.